The summed E-state index contributed by atoms with van der Waals surface area (Å²) in [6.45, 7) is 6.54. The molecular formula is C10H20O3S. The van der Waals surface area contributed by atoms with Crippen molar-refractivity contribution in [3.63, 3.8) is 0 Å². The lowest BCUT2D eigenvalue weighted by Crippen LogP contribution is -2.47. The maximum Gasteiger partial charge on any atom is 0.0575 e. The molecule has 14 heavy (non-hydrogen) atoms. The van der Waals surface area contributed by atoms with E-state index in [2.05, 4.69) is 0 Å². The van der Waals surface area contributed by atoms with Crippen LogP contribution in [0.5, 0.6) is 0 Å². The van der Waals surface area contributed by atoms with Gasteiger partial charge in [0, 0.05) is 16.9 Å². The lowest BCUT2D eigenvalue weighted by Gasteiger charge is -2.39. The summed E-state index contributed by atoms with van der Waals surface area (Å²) in [6.07, 6.45) is 0.314. The fraction of sp³-hybridized carbons (Fsp3) is 1.00. The smallest absolute Gasteiger partial charge is 0.0575 e. The van der Waals surface area contributed by atoms with Crippen LogP contribution < -0.4 is 0 Å². The Hall–Kier alpha value is 0.230. The minimum absolute atomic E-state index is 0.0441. The first-order valence-corrected chi connectivity index (χ1v) is 6.22. The molecule has 1 saturated heterocycles. The van der Waals surface area contributed by atoms with Gasteiger partial charge < -0.3 is 14.6 Å². The third kappa shape index (κ3) is 3.77. The van der Waals surface area contributed by atoms with Crippen LogP contribution in [0.2, 0.25) is 0 Å². The van der Waals surface area contributed by atoms with Gasteiger partial charge in [-0.1, -0.05) is 0 Å². The van der Waals surface area contributed by atoms with Crippen molar-refractivity contribution in [1.82, 2.24) is 0 Å². The highest BCUT2D eigenvalue weighted by Crippen LogP contribution is 2.30. The second kappa shape index (κ2) is 5.95. The maximum atomic E-state index is 9.16. The number of aliphatic hydroxyl groups excluding tert-OH is 1. The molecule has 0 aromatic rings. The Balaban J connectivity index is 1.97. The van der Waals surface area contributed by atoms with E-state index in [0.717, 1.165) is 18.1 Å². The van der Waals surface area contributed by atoms with Gasteiger partial charge in [-0.2, -0.15) is 11.8 Å². The van der Waals surface area contributed by atoms with Crippen LogP contribution in [-0.4, -0.2) is 49.1 Å². The van der Waals surface area contributed by atoms with Crippen LogP contribution in [0.25, 0.3) is 0 Å². The molecule has 1 rings (SSSR count). The van der Waals surface area contributed by atoms with Gasteiger partial charge in [-0.05, 0) is 13.8 Å². The zero-order valence-corrected chi connectivity index (χ0v) is 9.81. The molecule has 0 amide bonds. The molecule has 1 aliphatic rings. The van der Waals surface area contributed by atoms with Gasteiger partial charge in [0.1, 0.15) is 0 Å². The highest BCUT2D eigenvalue weighted by atomic mass is 32.2. The largest absolute Gasteiger partial charge is 0.396 e. The Labute approximate surface area is 90.2 Å². The van der Waals surface area contributed by atoms with Crippen molar-refractivity contribution in [3.05, 3.63) is 0 Å². The second-order valence-corrected chi connectivity index (χ2v) is 5.23. The molecule has 1 N–H and O–H groups in total. The van der Waals surface area contributed by atoms with Crippen LogP contribution in [0.3, 0.4) is 0 Å². The Kier molecular flexibility index (Phi) is 5.23. The molecule has 84 valence electrons. The average molecular weight is 220 g/mol. The molecule has 0 bridgehead atoms. The molecule has 0 aliphatic carbocycles. The van der Waals surface area contributed by atoms with E-state index in [-0.39, 0.29) is 12.0 Å². The van der Waals surface area contributed by atoms with Gasteiger partial charge in [0.2, 0.25) is 0 Å². The Morgan fingerprint density at radius 3 is 2.64 bits per heavy atom. The van der Waals surface area contributed by atoms with Crippen molar-refractivity contribution in [2.24, 2.45) is 5.41 Å². The molecule has 0 atom stereocenters. The number of hydrogen-bond acceptors (Lipinski definition) is 4. The van der Waals surface area contributed by atoms with Gasteiger partial charge in [0.05, 0.1) is 32.5 Å². The van der Waals surface area contributed by atoms with Gasteiger partial charge in [-0.25, -0.2) is 0 Å². The molecule has 0 radical (unpaired) electrons. The van der Waals surface area contributed by atoms with E-state index >= 15 is 0 Å². The number of ether oxygens (including phenoxy) is 2. The summed E-state index contributed by atoms with van der Waals surface area (Å²) in [7, 11) is 0. The van der Waals surface area contributed by atoms with E-state index < -0.39 is 0 Å². The summed E-state index contributed by atoms with van der Waals surface area (Å²) in [6, 6.07) is 0. The molecule has 0 unspecified atom stereocenters. The molecule has 0 saturated carbocycles. The van der Waals surface area contributed by atoms with Gasteiger partial charge in [0.25, 0.3) is 0 Å². The SMILES string of the molecule is CC(C)OCCSCC1(CO)COC1. The Bertz CT molecular complexity index is 152. The van der Waals surface area contributed by atoms with Gasteiger partial charge >= 0.3 is 0 Å². The van der Waals surface area contributed by atoms with Crippen molar-refractivity contribution >= 4 is 11.8 Å². The predicted octanol–water partition coefficient (Wildman–Crippen LogP) is 1.15. The van der Waals surface area contributed by atoms with Crippen LogP contribution in [-0.2, 0) is 9.47 Å². The quantitative estimate of drug-likeness (QED) is 0.653. The van der Waals surface area contributed by atoms with E-state index in [4.69, 9.17) is 14.6 Å². The molecule has 1 fully saturated rings. The second-order valence-electron chi connectivity index (χ2n) is 4.12. The fourth-order valence-corrected chi connectivity index (χ4v) is 2.29. The van der Waals surface area contributed by atoms with Crippen LogP contribution in [0.4, 0.5) is 0 Å². The van der Waals surface area contributed by atoms with Crippen LogP contribution in [0, 0.1) is 5.41 Å². The first-order chi connectivity index (χ1) is 6.68. The van der Waals surface area contributed by atoms with Crippen molar-refractivity contribution in [3.8, 4) is 0 Å². The van der Waals surface area contributed by atoms with Crippen LogP contribution in [0.15, 0.2) is 0 Å². The lowest BCUT2D eigenvalue weighted by atomic mass is 9.90. The van der Waals surface area contributed by atoms with Gasteiger partial charge in [0.15, 0.2) is 0 Å². The fourth-order valence-electron chi connectivity index (χ4n) is 1.24. The molecular weight excluding hydrogens is 200 g/mol. The molecule has 4 heteroatoms. The van der Waals surface area contributed by atoms with Crippen LogP contribution >= 0.6 is 11.8 Å². The first-order valence-electron chi connectivity index (χ1n) is 5.06. The minimum atomic E-state index is 0.0441. The number of thioether (sulfide) groups is 1. The van der Waals surface area contributed by atoms with Gasteiger partial charge in [-0.15, -0.1) is 0 Å². The molecule has 1 heterocycles. The van der Waals surface area contributed by atoms with Crippen LogP contribution in [0.1, 0.15) is 13.8 Å². The predicted molar refractivity (Wildman–Crippen MR) is 58.8 cm³/mol. The van der Waals surface area contributed by atoms with Crippen molar-refractivity contribution in [2.75, 3.05) is 37.9 Å². The topological polar surface area (TPSA) is 38.7 Å². The summed E-state index contributed by atoms with van der Waals surface area (Å²) in [5, 5.41) is 9.16. The summed E-state index contributed by atoms with van der Waals surface area (Å²) in [5.41, 5.74) is 0.0441. The Morgan fingerprint density at radius 1 is 1.50 bits per heavy atom. The number of aliphatic hydroxyl groups is 1. The molecule has 0 aromatic carbocycles. The minimum Gasteiger partial charge on any atom is -0.396 e. The van der Waals surface area contributed by atoms with Crippen molar-refractivity contribution in [2.45, 2.75) is 20.0 Å². The molecule has 0 aromatic heterocycles. The molecule has 0 spiro atoms. The molecule has 3 nitrogen and oxygen atoms in total. The van der Waals surface area contributed by atoms with E-state index in [1.165, 1.54) is 0 Å². The summed E-state index contributed by atoms with van der Waals surface area (Å²) in [5.74, 6) is 1.98. The van der Waals surface area contributed by atoms with E-state index in [1.54, 1.807) is 0 Å². The zero-order valence-electron chi connectivity index (χ0n) is 8.99. The number of hydrogen-bond donors (Lipinski definition) is 1. The average Bonchev–Trinajstić information content (AvgIpc) is 2.08. The maximum absolute atomic E-state index is 9.16. The van der Waals surface area contributed by atoms with Gasteiger partial charge in [-0.3, -0.25) is 0 Å². The number of rotatable bonds is 7. The van der Waals surface area contributed by atoms with E-state index in [1.807, 2.05) is 25.6 Å². The highest BCUT2D eigenvalue weighted by Gasteiger charge is 2.37. The first kappa shape index (κ1) is 12.3. The lowest BCUT2D eigenvalue weighted by molar-refractivity contribution is -0.121. The summed E-state index contributed by atoms with van der Waals surface area (Å²) >= 11 is 1.84. The third-order valence-corrected chi connectivity index (χ3v) is 3.51. The standard InChI is InChI=1S/C10H20O3S/c1-9(2)13-3-4-14-8-10(5-11)6-12-7-10/h9,11H,3-8H2,1-2H3. The highest BCUT2D eigenvalue weighted by molar-refractivity contribution is 7.99. The monoisotopic (exact) mass is 220 g/mol. The zero-order chi connectivity index (χ0) is 10.4. The van der Waals surface area contributed by atoms with E-state index in [0.29, 0.717) is 19.3 Å². The third-order valence-electron chi connectivity index (χ3n) is 2.24. The Morgan fingerprint density at radius 2 is 2.21 bits per heavy atom. The normalized spacial score (nSPS) is 19.7. The van der Waals surface area contributed by atoms with Crippen molar-refractivity contribution < 1.29 is 14.6 Å². The summed E-state index contributed by atoms with van der Waals surface area (Å²) in [4.78, 5) is 0. The molecule has 1 aliphatic heterocycles. The van der Waals surface area contributed by atoms with E-state index in [9.17, 15) is 0 Å². The summed E-state index contributed by atoms with van der Waals surface area (Å²) < 4.78 is 10.5. The van der Waals surface area contributed by atoms with Crippen molar-refractivity contribution in [1.29, 1.82) is 0 Å².